The van der Waals surface area contributed by atoms with Crippen LogP contribution in [0, 0.1) is 12.8 Å². The maximum Gasteiger partial charge on any atom is 0.335 e. The third-order valence-corrected chi connectivity index (χ3v) is 6.21. The Bertz CT molecular complexity index is 1590. The number of halogens is 2. The molecule has 0 radical (unpaired) electrons. The predicted octanol–water partition coefficient (Wildman–Crippen LogP) is 3.38. The minimum atomic E-state index is -0.686. The number of carbonyl (C=O) groups is 1. The Hall–Kier alpha value is -3.96. The average Bonchev–Trinajstić information content (AvgIpc) is 2.90. The van der Waals surface area contributed by atoms with Crippen LogP contribution in [0.25, 0.3) is 0 Å². The van der Waals surface area contributed by atoms with Crippen LogP contribution in [0.15, 0.2) is 68.2 Å². The van der Waals surface area contributed by atoms with E-state index < -0.39 is 17.3 Å². The second-order valence-corrected chi connectivity index (χ2v) is 9.25. The summed E-state index contributed by atoms with van der Waals surface area (Å²) in [6, 6.07) is 8.28. The molecule has 1 N–H and O–H groups in total. The van der Waals surface area contributed by atoms with Crippen molar-refractivity contribution < 1.29 is 14.3 Å². The Labute approximate surface area is 226 Å². The minimum Gasteiger partial charge on any atom is -0.469 e. The second-order valence-electron chi connectivity index (χ2n) is 8.43. The molecule has 3 aromatic rings. The van der Waals surface area contributed by atoms with Crippen molar-refractivity contribution in [3.05, 3.63) is 90.9 Å². The van der Waals surface area contributed by atoms with Crippen LogP contribution in [0.1, 0.15) is 18.4 Å². The maximum atomic E-state index is 13.4. The predicted molar refractivity (Wildman–Crippen MR) is 141 cm³/mol. The Morgan fingerprint density at radius 2 is 2.00 bits per heavy atom. The molecular formula is C25H24Cl2N6O5. The van der Waals surface area contributed by atoms with Gasteiger partial charge in [-0.3, -0.25) is 14.3 Å². The van der Waals surface area contributed by atoms with Crippen LogP contribution in [0.4, 0.5) is 5.69 Å². The zero-order chi connectivity index (χ0) is 27.2. The minimum absolute atomic E-state index is 0.0536. The SMILES string of the molecule is COC(=O)CCn1c(=O)[nH]/c(=N\c2ccc(Oc3ccc(Cl)nn3)c(C)c2)n(CC2C=CC(Cl)=CC2)c1=O. The fourth-order valence-electron chi connectivity index (χ4n) is 3.73. The highest BCUT2D eigenvalue weighted by Gasteiger charge is 2.16. The van der Waals surface area contributed by atoms with E-state index in [1.807, 2.05) is 19.1 Å². The first-order valence-electron chi connectivity index (χ1n) is 11.6. The highest BCUT2D eigenvalue weighted by atomic mass is 35.5. The van der Waals surface area contributed by atoms with Crippen LogP contribution in [0.3, 0.4) is 0 Å². The van der Waals surface area contributed by atoms with E-state index in [9.17, 15) is 14.4 Å². The van der Waals surface area contributed by atoms with Crippen LogP contribution in [-0.4, -0.2) is 37.4 Å². The zero-order valence-electron chi connectivity index (χ0n) is 20.6. The fraction of sp³-hybridized carbons (Fsp3) is 0.280. The molecular weight excluding hydrogens is 535 g/mol. The molecule has 0 spiro atoms. The summed E-state index contributed by atoms with van der Waals surface area (Å²) in [5, 5.41) is 8.51. The van der Waals surface area contributed by atoms with Gasteiger partial charge in [-0.05, 0) is 55.2 Å². The number of nitrogens with zero attached hydrogens (tertiary/aromatic N) is 5. The molecule has 38 heavy (non-hydrogen) atoms. The third-order valence-electron chi connectivity index (χ3n) is 5.72. The smallest absolute Gasteiger partial charge is 0.335 e. The van der Waals surface area contributed by atoms with Gasteiger partial charge in [-0.25, -0.2) is 19.1 Å². The number of esters is 1. The number of benzene rings is 1. The van der Waals surface area contributed by atoms with Gasteiger partial charge in [-0.15, -0.1) is 10.2 Å². The number of allylic oxidation sites excluding steroid dienone is 4. The summed E-state index contributed by atoms with van der Waals surface area (Å²) in [6.07, 6.45) is 6.01. The highest BCUT2D eigenvalue weighted by Crippen LogP contribution is 2.27. The lowest BCUT2D eigenvalue weighted by atomic mass is 10.0. The normalized spacial score (nSPS) is 15.3. The first-order chi connectivity index (χ1) is 18.2. The van der Waals surface area contributed by atoms with Gasteiger partial charge in [-0.1, -0.05) is 35.4 Å². The summed E-state index contributed by atoms with van der Waals surface area (Å²) < 4.78 is 12.7. The van der Waals surface area contributed by atoms with Crippen molar-refractivity contribution in [2.24, 2.45) is 10.9 Å². The lowest BCUT2D eigenvalue weighted by Crippen LogP contribution is -2.50. The van der Waals surface area contributed by atoms with Gasteiger partial charge >= 0.3 is 17.3 Å². The van der Waals surface area contributed by atoms with Gasteiger partial charge in [-0.2, -0.15) is 0 Å². The molecule has 13 heteroatoms. The Morgan fingerprint density at radius 3 is 2.66 bits per heavy atom. The summed E-state index contributed by atoms with van der Waals surface area (Å²) >= 11 is 11.8. The topological polar surface area (TPSA) is 133 Å². The number of nitrogens with one attached hydrogen (secondary N) is 1. The van der Waals surface area contributed by atoms with E-state index in [0.717, 1.165) is 10.1 Å². The number of aromatic amines is 1. The monoisotopic (exact) mass is 558 g/mol. The number of ether oxygens (including phenoxy) is 2. The second kappa shape index (κ2) is 12.1. The molecule has 1 aliphatic carbocycles. The van der Waals surface area contributed by atoms with Crippen molar-refractivity contribution in [3.63, 3.8) is 0 Å². The van der Waals surface area contributed by atoms with Crippen LogP contribution < -0.4 is 21.7 Å². The summed E-state index contributed by atoms with van der Waals surface area (Å²) in [5.74, 6) is 0.210. The molecule has 0 saturated heterocycles. The van der Waals surface area contributed by atoms with E-state index in [1.165, 1.54) is 11.7 Å². The fourth-order valence-corrected chi connectivity index (χ4v) is 3.99. The Morgan fingerprint density at radius 1 is 1.18 bits per heavy atom. The summed E-state index contributed by atoms with van der Waals surface area (Å²) in [7, 11) is 1.24. The van der Waals surface area contributed by atoms with Gasteiger partial charge in [0.15, 0.2) is 5.15 Å². The number of rotatable bonds is 8. The zero-order valence-corrected chi connectivity index (χ0v) is 22.1. The van der Waals surface area contributed by atoms with Gasteiger partial charge in [0.1, 0.15) is 5.75 Å². The van der Waals surface area contributed by atoms with E-state index in [1.54, 1.807) is 36.4 Å². The van der Waals surface area contributed by atoms with E-state index in [0.29, 0.717) is 22.9 Å². The molecule has 1 aromatic carbocycles. The van der Waals surface area contributed by atoms with Gasteiger partial charge in [0.25, 0.3) is 0 Å². The van der Waals surface area contributed by atoms with Crippen LogP contribution in [0.5, 0.6) is 11.6 Å². The van der Waals surface area contributed by atoms with Crippen molar-refractivity contribution in [2.75, 3.05) is 7.11 Å². The Kier molecular flexibility index (Phi) is 8.59. The lowest BCUT2D eigenvalue weighted by Gasteiger charge is -2.17. The number of aryl methyl sites for hydroxylation is 1. The average molecular weight is 559 g/mol. The molecule has 0 saturated carbocycles. The lowest BCUT2D eigenvalue weighted by molar-refractivity contribution is -0.140. The van der Waals surface area contributed by atoms with Crippen LogP contribution >= 0.6 is 23.2 Å². The van der Waals surface area contributed by atoms with E-state index in [4.69, 9.17) is 27.9 Å². The van der Waals surface area contributed by atoms with Crippen molar-refractivity contribution in [1.82, 2.24) is 24.3 Å². The summed E-state index contributed by atoms with van der Waals surface area (Å²) in [5.41, 5.74) is 0.00560. The number of methoxy groups -OCH3 is 1. The van der Waals surface area contributed by atoms with Crippen LogP contribution in [-0.2, 0) is 22.6 Å². The number of hydrogen-bond acceptors (Lipinski definition) is 8. The molecule has 0 aliphatic heterocycles. The Balaban J connectivity index is 1.71. The van der Waals surface area contributed by atoms with Crippen LogP contribution in [0.2, 0.25) is 5.15 Å². The first kappa shape index (κ1) is 27.1. The van der Waals surface area contributed by atoms with E-state index >= 15 is 0 Å². The number of aromatic nitrogens is 5. The quantitative estimate of drug-likeness (QED) is 0.419. The first-order valence-corrected chi connectivity index (χ1v) is 12.4. The van der Waals surface area contributed by atoms with Crippen molar-refractivity contribution in [3.8, 4) is 11.6 Å². The largest absolute Gasteiger partial charge is 0.469 e. The van der Waals surface area contributed by atoms with Gasteiger partial charge in [0.2, 0.25) is 11.5 Å². The summed E-state index contributed by atoms with van der Waals surface area (Å²) in [4.78, 5) is 45.0. The molecule has 1 atom stereocenters. The highest BCUT2D eigenvalue weighted by molar-refractivity contribution is 6.31. The van der Waals surface area contributed by atoms with Crippen molar-refractivity contribution in [2.45, 2.75) is 32.9 Å². The molecule has 0 amide bonds. The van der Waals surface area contributed by atoms with Gasteiger partial charge in [0, 0.05) is 24.2 Å². The standard InChI is InChI=1S/C25H24Cl2N6O5/c1-15-13-18(7-8-19(15)38-21-10-9-20(27)30-31-21)28-23-29-24(35)32(12-11-22(34)37-2)25(36)33(23)14-16-3-5-17(26)6-4-16/h3,5-10,13,16H,4,11-12,14H2,1-2H3,(H,28,29,35). The molecule has 2 aromatic heterocycles. The molecule has 0 fully saturated rings. The molecule has 4 rings (SSSR count). The molecule has 1 aliphatic rings. The third kappa shape index (κ3) is 6.67. The van der Waals surface area contributed by atoms with Gasteiger partial charge in [0.05, 0.1) is 19.2 Å². The van der Waals surface area contributed by atoms with E-state index in [2.05, 4.69) is 24.9 Å². The van der Waals surface area contributed by atoms with E-state index in [-0.39, 0.29) is 42.1 Å². The van der Waals surface area contributed by atoms with Crippen molar-refractivity contribution >= 4 is 34.9 Å². The summed E-state index contributed by atoms with van der Waals surface area (Å²) in [6.45, 7) is 1.92. The number of hydrogen-bond donors (Lipinski definition) is 1. The molecule has 1 unspecified atom stereocenters. The van der Waals surface area contributed by atoms with Crippen molar-refractivity contribution in [1.29, 1.82) is 0 Å². The maximum absolute atomic E-state index is 13.4. The molecule has 0 bridgehead atoms. The molecule has 198 valence electrons. The number of H-pyrrole nitrogens is 1. The molecule has 2 heterocycles. The van der Waals surface area contributed by atoms with Gasteiger partial charge < -0.3 is 9.47 Å². The number of carbonyl (C=O) groups excluding carboxylic acids is 1. The molecule has 11 nitrogen and oxygen atoms in total.